The number of hydrogen-bond acceptors (Lipinski definition) is 6. The second-order valence-corrected chi connectivity index (χ2v) is 6.86. The van der Waals surface area contributed by atoms with Crippen molar-refractivity contribution in [1.82, 2.24) is 24.9 Å². The highest BCUT2D eigenvalue weighted by Crippen LogP contribution is 2.30. The van der Waals surface area contributed by atoms with E-state index in [-0.39, 0.29) is 6.03 Å². The smallest absolute Gasteiger partial charge is 0.324 e. The first-order valence-electron chi connectivity index (χ1n) is 7.23. The average Bonchev–Trinajstić information content (AvgIpc) is 3.13. The van der Waals surface area contributed by atoms with Crippen LogP contribution in [0.4, 0.5) is 15.6 Å². The summed E-state index contributed by atoms with van der Waals surface area (Å²) in [7, 11) is 1.82. The van der Waals surface area contributed by atoms with Gasteiger partial charge in [-0.15, -0.1) is 10.2 Å². The lowest BCUT2D eigenvalue weighted by molar-refractivity contribution is 0.229. The molecule has 4 heterocycles. The molecule has 2 saturated heterocycles. The molecule has 8 nitrogen and oxygen atoms in total. The zero-order valence-corrected chi connectivity index (χ0v) is 13.3. The van der Waals surface area contributed by atoms with Crippen molar-refractivity contribution in [2.45, 2.75) is 13.0 Å². The van der Waals surface area contributed by atoms with Gasteiger partial charge in [-0.25, -0.2) is 4.79 Å². The van der Waals surface area contributed by atoms with Crippen LogP contribution in [0, 0.1) is 6.92 Å². The topological polar surface area (TPSA) is 70.4 Å². The molecule has 0 bridgehead atoms. The van der Waals surface area contributed by atoms with E-state index in [2.05, 4.69) is 20.2 Å². The summed E-state index contributed by atoms with van der Waals surface area (Å²) in [5, 5.41) is 14.6. The maximum atomic E-state index is 12.0. The van der Waals surface area contributed by atoms with E-state index in [1.165, 1.54) is 0 Å². The maximum Gasteiger partial charge on any atom is 0.324 e. The number of amides is 2. The lowest BCUT2D eigenvalue weighted by Gasteiger charge is -2.38. The van der Waals surface area contributed by atoms with Crippen LogP contribution in [0.5, 0.6) is 0 Å². The number of hydrogen-bond donors (Lipinski definition) is 0. The summed E-state index contributed by atoms with van der Waals surface area (Å²) in [5.41, 5.74) is 0.875. The fourth-order valence-corrected chi connectivity index (χ4v) is 3.45. The SMILES string of the molecule is Cc1nnc(N2CC(n3cc(N4CCN(C)C4=O)cn3)C2)s1. The van der Waals surface area contributed by atoms with Gasteiger partial charge in [0, 0.05) is 39.4 Å². The number of carbonyl (C=O) groups excluding carboxylic acids is 1. The van der Waals surface area contributed by atoms with E-state index in [0.29, 0.717) is 6.04 Å². The molecule has 0 spiro atoms. The zero-order chi connectivity index (χ0) is 15.3. The number of carbonyl (C=O) groups is 1. The quantitative estimate of drug-likeness (QED) is 0.843. The number of rotatable bonds is 3. The Morgan fingerprint density at radius 1 is 1.27 bits per heavy atom. The molecule has 0 N–H and O–H groups in total. The molecule has 0 atom stereocenters. The Balaban J connectivity index is 1.42. The minimum Gasteiger partial charge on any atom is -0.342 e. The van der Waals surface area contributed by atoms with Gasteiger partial charge in [0.25, 0.3) is 0 Å². The summed E-state index contributed by atoms with van der Waals surface area (Å²) in [5.74, 6) is 0. The molecule has 2 aliphatic heterocycles. The fourth-order valence-electron chi connectivity index (χ4n) is 2.75. The van der Waals surface area contributed by atoms with Crippen LogP contribution in [0.1, 0.15) is 11.0 Å². The van der Waals surface area contributed by atoms with E-state index in [4.69, 9.17) is 0 Å². The van der Waals surface area contributed by atoms with Crippen molar-refractivity contribution in [3.05, 3.63) is 17.4 Å². The molecule has 9 heteroatoms. The van der Waals surface area contributed by atoms with Crippen LogP contribution in [0.3, 0.4) is 0 Å². The Morgan fingerprint density at radius 2 is 2.09 bits per heavy atom. The molecule has 2 amide bonds. The molecule has 4 rings (SSSR count). The standard InChI is InChI=1S/C13H17N7OS/c1-9-15-16-12(22-9)18-6-11(7-18)20-8-10(5-14-20)19-4-3-17(2)13(19)21/h5,8,11H,3-4,6-7H2,1-2H3. The van der Waals surface area contributed by atoms with E-state index >= 15 is 0 Å². The van der Waals surface area contributed by atoms with Crippen LogP contribution in [0.2, 0.25) is 0 Å². The second kappa shape index (κ2) is 4.94. The predicted octanol–water partition coefficient (Wildman–Crippen LogP) is 0.976. The molecule has 2 aliphatic rings. The van der Waals surface area contributed by atoms with Crippen molar-refractivity contribution >= 4 is 28.2 Å². The summed E-state index contributed by atoms with van der Waals surface area (Å²) < 4.78 is 1.95. The van der Waals surface area contributed by atoms with Crippen LogP contribution in [-0.2, 0) is 0 Å². The van der Waals surface area contributed by atoms with Gasteiger partial charge >= 0.3 is 6.03 Å². The van der Waals surface area contributed by atoms with Gasteiger partial charge in [-0.05, 0) is 6.92 Å². The highest BCUT2D eigenvalue weighted by atomic mass is 32.1. The maximum absolute atomic E-state index is 12.0. The first kappa shape index (κ1) is 13.5. The van der Waals surface area contributed by atoms with Gasteiger partial charge in [0.1, 0.15) is 5.01 Å². The largest absolute Gasteiger partial charge is 0.342 e. The van der Waals surface area contributed by atoms with Crippen molar-refractivity contribution in [3.63, 3.8) is 0 Å². The van der Waals surface area contributed by atoms with Gasteiger partial charge in [0.15, 0.2) is 0 Å². The van der Waals surface area contributed by atoms with Crippen molar-refractivity contribution in [2.24, 2.45) is 0 Å². The number of aromatic nitrogens is 4. The van der Waals surface area contributed by atoms with Crippen LogP contribution >= 0.6 is 11.3 Å². The number of anilines is 2. The lowest BCUT2D eigenvalue weighted by atomic mass is 10.1. The molecule has 0 aromatic carbocycles. The van der Waals surface area contributed by atoms with Gasteiger partial charge < -0.3 is 9.80 Å². The van der Waals surface area contributed by atoms with Gasteiger partial charge in [0.05, 0.1) is 17.9 Å². The average molecular weight is 319 g/mol. The second-order valence-electron chi connectivity index (χ2n) is 5.70. The third kappa shape index (κ3) is 2.12. The third-order valence-electron chi connectivity index (χ3n) is 4.14. The number of nitrogens with zero attached hydrogens (tertiary/aromatic N) is 7. The van der Waals surface area contributed by atoms with Crippen molar-refractivity contribution < 1.29 is 4.79 Å². The predicted molar refractivity (Wildman–Crippen MR) is 83.5 cm³/mol. The minimum atomic E-state index is 0.0409. The van der Waals surface area contributed by atoms with Crippen molar-refractivity contribution in [3.8, 4) is 0 Å². The molecule has 0 saturated carbocycles. The van der Waals surface area contributed by atoms with E-state index < -0.39 is 0 Å². The molecule has 0 unspecified atom stereocenters. The zero-order valence-electron chi connectivity index (χ0n) is 12.5. The highest BCUT2D eigenvalue weighted by molar-refractivity contribution is 7.15. The molecule has 2 fully saturated rings. The Labute approximate surface area is 131 Å². The normalized spacial score (nSPS) is 19.2. The van der Waals surface area contributed by atoms with Crippen molar-refractivity contribution in [2.75, 3.05) is 43.0 Å². The first-order valence-corrected chi connectivity index (χ1v) is 8.05. The number of aryl methyl sites for hydroxylation is 1. The molecule has 0 radical (unpaired) electrons. The van der Waals surface area contributed by atoms with E-state index in [1.54, 1.807) is 27.3 Å². The molecule has 22 heavy (non-hydrogen) atoms. The van der Waals surface area contributed by atoms with Crippen molar-refractivity contribution in [1.29, 1.82) is 0 Å². The fraction of sp³-hybridized carbons (Fsp3) is 0.538. The lowest BCUT2D eigenvalue weighted by Crippen LogP contribution is -2.48. The highest BCUT2D eigenvalue weighted by Gasteiger charge is 2.33. The van der Waals surface area contributed by atoms with Gasteiger partial charge in [-0.2, -0.15) is 5.10 Å². The Hall–Kier alpha value is -2.16. The number of likely N-dealkylation sites (N-methyl/N-ethyl adjacent to an activating group) is 1. The third-order valence-corrected chi connectivity index (χ3v) is 5.04. The molecular weight excluding hydrogens is 302 g/mol. The Kier molecular flexibility index (Phi) is 3.03. The summed E-state index contributed by atoms with van der Waals surface area (Å²) in [6.45, 7) is 5.20. The Morgan fingerprint density at radius 3 is 2.73 bits per heavy atom. The summed E-state index contributed by atoms with van der Waals surface area (Å²) in [4.78, 5) is 17.7. The van der Waals surface area contributed by atoms with Crippen LogP contribution in [0.15, 0.2) is 12.4 Å². The summed E-state index contributed by atoms with van der Waals surface area (Å²) in [6, 6.07) is 0.368. The van der Waals surface area contributed by atoms with Gasteiger partial charge in [-0.1, -0.05) is 11.3 Å². The summed E-state index contributed by atoms with van der Waals surface area (Å²) in [6.07, 6.45) is 3.74. The van der Waals surface area contributed by atoms with Crippen LogP contribution in [0.25, 0.3) is 0 Å². The number of urea groups is 1. The van der Waals surface area contributed by atoms with Crippen LogP contribution in [-0.4, -0.2) is 64.1 Å². The van der Waals surface area contributed by atoms with E-state index in [1.807, 2.05) is 24.9 Å². The first-order chi connectivity index (χ1) is 10.6. The Bertz CT molecular complexity index is 705. The summed E-state index contributed by atoms with van der Waals surface area (Å²) >= 11 is 1.61. The van der Waals surface area contributed by atoms with E-state index in [9.17, 15) is 4.79 Å². The monoisotopic (exact) mass is 319 g/mol. The molecule has 2 aromatic rings. The van der Waals surface area contributed by atoms with E-state index in [0.717, 1.165) is 42.0 Å². The van der Waals surface area contributed by atoms with Gasteiger partial charge in [-0.3, -0.25) is 9.58 Å². The molecular formula is C13H17N7OS. The van der Waals surface area contributed by atoms with Crippen LogP contribution < -0.4 is 9.80 Å². The van der Waals surface area contributed by atoms with Gasteiger partial charge in [0.2, 0.25) is 5.13 Å². The minimum absolute atomic E-state index is 0.0409. The molecule has 116 valence electrons. The molecule has 2 aromatic heterocycles. The molecule has 0 aliphatic carbocycles.